The first-order chi connectivity index (χ1) is 9.20. The second-order valence-corrected chi connectivity index (χ2v) is 5.68. The Kier molecular flexibility index (Phi) is 5.23. The van der Waals surface area contributed by atoms with E-state index in [1.807, 2.05) is 12.3 Å². The van der Waals surface area contributed by atoms with E-state index in [0.717, 1.165) is 28.9 Å². The molecule has 1 aromatic carbocycles. The van der Waals surface area contributed by atoms with Gasteiger partial charge in [0.2, 0.25) is 0 Å². The summed E-state index contributed by atoms with van der Waals surface area (Å²) in [6.07, 6.45) is 1.83. The number of halogens is 2. The molecule has 0 aliphatic carbocycles. The van der Waals surface area contributed by atoms with Crippen molar-refractivity contribution in [3.8, 4) is 0 Å². The van der Waals surface area contributed by atoms with Gasteiger partial charge in [0.15, 0.2) is 0 Å². The van der Waals surface area contributed by atoms with E-state index in [0.29, 0.717) is 5.88 Å². The van der Waals surface area contributed by atoms with Crippen LogP contribution in [0.4, 0.5) is 5.82 Å². The number of benzene rings is 1. The fourth-order valence-corrected chi connectivity index (χ4v) is 2.68. The summed E-state index contributed by atoms with van der Waals surface area (Å²) in [7, 11) is 0. The van der Waals surface area contributed by atoms with E-state index < -0.39 is 0 Å². The molecule has 100 valence electrons. The number of anilines is 1. The molecule has 0 spiro atoms. The van der Waals surface area contributed by atoms with Crippen LogP contribution in [-0.4, -0.2) is 17.4 Å². The second kappa shape index (κ2) is 6.92. The molecule has 0 aliphatic heterocycles. The quantitative estimate of drug-likeness (QED) is 0.751. The zero-order valence-corrected chi connectivity index (χ0v) is 13.2. The predicted molar refractivity (Wildman–Crippen MR) is 84.9 cm³/mol. The monoisotopic (exact) mass is 338 g/mol. The van der Waals surface area contributed by atoms with Gasteiger partial charge < -0.3 is 4.90 Å². The summed E-state index contributed by atoms with van der Waals surface area (Å²) in [6, 6.07) is 12.4. The number of aromatic nitrogens is 1. The van der Waals surface area contributed by atoms with Crippen LogP contribution in [0.5, 0.6) is 0 Å². The summed E-state index contributed by atoms with van der Waals surface area (Å²) >= 11 is 9.36. The van der Waals surface area contributed by atoms with Crippen molar-refractivity contribution in [2.45, 2.75) is 13.5 Å². The largest absolute Gasteiger partial charge is 0.351 e. The molecule has 2 aromatic rings. The standard InChI is InChI=1S/C15H16BrClN2/c1-12-9-14(16)10-18-15(12)19(8-7-17)11-13-5-3-2-4-6-13/h2-6,9-10H,7-8,11H2,1H3. The molecule has 19 heavy (non-hydrogen) atoms. The molecule has 0 unspecified atom stereocenters. The minimum absolute atomic E-state index is 0.587. The lowest BCUT2D eigenvalue weighted by molar-refractivity contribution is 0.811. The van der Waals surface area contributed by atoms with Gasteiger partial charge in [0.25, 0.3) is 0 Å². The third kappa shape index (κ3) is 3.95. The molecular formula is C15H16BrClN2. The Hall–Kier alpha value is -1.06. The van der Waals surface area contributed by atoms with Crippen LogP contribution in [0.3, 0.4) is 0 Å². The summed E-state index contributed by atoms with van der Waals surface area (Å²) in [5.74, 6) is 1.58. The molecule has 0 N–H and O–H groups in total. The minimum Gasteiger partial charge on any atom is -0.351 e. The fraction of sp³-hybridized carbons (Fsp3) is 0.267. The Labute approximate surface area is 127 Å². The zero-order valence-electron chi connectivity index (χ0n) is 10.8. The van der Waals surface area contributed by atoms with Crippen molar-refractivity contribution in [1.29, 1.82) is 0 Å². The smallest absolute Gasteiger partial charge is 0.131 e. The highest BCUT2D eigenvalue weighted by molar-refractivity contribution is 9.10. The highest BCUT2D eigenvalue weighted by atomic mass is 79.9. The normalized spacial score (nSPS) is 10.5. The third-order valence-corrected chi connectivity index (χ3v) is 3.49. The molecule has 0 amide bonds. The van der Waals surface area contributed by atoms with Gasteiger partial charge in [-0.25, -0.2) is 4.98 Å². The van der Waals surface area contributed by atoms with Crippen LogP contribution in [-0.2, 0) is 6.54 Å². The van der Waals surface area contributed by atoms with Gasteiger partial charge in [0, 0.05) is 29.6 Å². The zero-order chi connectivity index (χ0) is 13.7. The van der Waals surface area contributed by atoms with Crippen LogP contribution in [0.2, 0.25) is 0 Å². The van der Waals surface area contributed by atoms with E-state index in [2.05, 4.69) is 63.1 Å². The molecule has 0 radical (unpaired) electrons. The minimum atomic E-state index is 0.587. The van der Waals surface area contributed by atoms with E-state index in [4.69, 9.17) is 11.6 Å². The highest BCUT2D eigenvalue weighted by Gasteiger charge is 2.11. The average molecular weight is 340 g/mol. The molecule has 0 saturated carbocycles. The van der Waals surface area contributed by atoms with Gasteiger partial charge in [0.1, 0.15) is 5.82 Å². The lowest BCUT2D eigenvalue weighted by Crippen LogP contribution is -2.26. The number of nitrogens with zero attached hydrogens (tertiary/aromatic N) is 2. The SMILES string of the molecule is Cc1cc(Br)cnc1N(CCCl)Cc1ccccc1. The molecule has 0 bridgehead atoms. The van der Waals surface area contributed by atoms with E-state index in [-0.39, 0.29) is 0 Å². The van der Waals surface area contributed by atoms with Crippen molar-refractivity contribution in [1.82, 2.24) is 4.98 Å². The van der Waals surface area contributed by atoms with Crippen LogP contribution in [0.25, 0.3) is 0 Å². The van der Waals surface area contributed by atoms with Crippen LogP contribution in [0.1, 0.15) is 11.1 Å². The first-order valence-corrected chi connectivity index (χ1v) is 7.50. The maximum Gasteiger partial charge on any atom is 0.131 e. The molecular weight excluding hydrogens is 324 g/mol. The summed E-state index contributed by atoms with van der Waals surface area (Å²) in [5, 5.41) is 0. The first-order valence-electron chi connectivity index (χ1n) is 6.17. The molecule has 0 saturated heterocycles. The Morgan fingerprint density at radius 2 is 2.00 bits per heavy atom. The fourth-order valence-electron chi connectivity index (χ4n) is 2.03. The van der Waals surface area contributed by atoms with E-state index in [9.17, 15) is 0 Å². The van der Waals surface area contributed by atoms with Gasteiger partial charge in [-0.2, -0.15) is 0 Å². The number of rotatable bonds is 5. The van der Waals surface area contributed by atoms with E-state index in [1.165, 1.54) is 5.56 Å². The topological polar surface area (TPSA) is 16.1 Å². The molecule has 2 rings (SSSR count). The Bertz CT molecular complexity index is 531. The molecule has 2 nitrogen and oxygen atoms in total. The summed E-state index contributed by atoms with van der Waals surface area (Å²) in [4.78, 5) is 6.73. The molecule has 1 heterocycles. The van der Waals surface area contributed by atoms with Gasteiger partial charge in [0.05, 0.1) is 0 Å². The van der Waals surface area contributed by atoms with Gasteiger partial charge in [-0.3, -0.25) is 0 Å². The molecule has 0 aliphatic rings. The molecule has 4 heteroatoms. The van der Waals surface area contributed by atoms with Crippen molar-refractivity contribution in [2.24, 2.45) is 0 Å². The predicted octanol–water partition coefficient (Wildman–Crippen LogP) is 4.40. The number of pyridine rings is 1. The van der Waals surface area contributed by atoms with Crippen LogP contribution in [0, 0.1) is 6.92 Å². The maximum absolute atomic E-state index is 5.92. The van der Waals surface area contributed by atoms with Crippen molar-refractivity contribution >= 4 is 33.3 Å². The van der Waals surface area contributed by atoms with Crippen LogP contribution < -0.4 is 4.90 Å². The van der Waals surface area contributed by atoms with Gasteiger partial charge >= 0.3 is 0 Å². The van der Waals surface area contributed by atoms with Gasteiger partial charge in [-0.15, -0.1) is 11.6 Å². The lowest BCUT2D eigenvalue weighted by atomic mass is 10.2. The summed E-state index contributed by atoms with van der Waals surface area (Å²) in [5.41, 5.74) is 2.41. The molecule has 0 atom stereocenters. The van der Waals surface area contributed by atoms with E-state index >= 15 is 0 Å². The first kappa shape index (κ1) is 14.4. The van der Waals surface area contributed by atoms with Crippen LogP contribution >= 0.6 is 27.5 Å². The summed E-state index contributed by atoms with van der Waals surface area (Å²) < 4.78 is 0.999. The van der Waals surface area contributed by atoms with E-state index in [1.54, 1.807) is 0 Å². The van der Waals surface area contributed by atoms with Crippen molar-refractivity contribution < 1.29 is 0 Å². The summed E-state index contributed by atoms with van der Waals surface area (Å²) in [6.45, 7) is 3.67. The lowest BCUT2D eigenvalue weighted by Gasteiger charge is -2.24. The number of hydrogen-bond donors (Lipinski definition) is 0. The van der Waals surface area contributed by atoms with Crippen molar-refractivity contribution in [2.75, 3.05) is 17.3 Å². The Balaban J connectivity index is 2.24. The van der Waals surface area contributed by atoms with Crippen LogP contribution in [0.15, 0.2) is 47.1 Å². The molecule has 1 aromatic heterocycles. The number of aryl methyl sites for hydroxylation is 1. The Morgan fingerprint density at radius 3 is 2.63 bits per heavy atom. The second-order valence-electron chi connectivity index (χ2n) is 4.39. The van der Waals surface area contributed by atoms with Crippen molar-refractivity contribution in [3.63, 3.8) is 0 Å². The third-order valence-electron chi connectivity index (χ3n) is 2.89. The number of alkyl halides is 1. The van der Waals surface area contributed by atoms with Crippen molar-refractivity contribution in [3.05, 3.63) is 58.2 Å². The van der Waals surface area contributed by atoms with Gasteiger partial charge in [-0.1, -0.05) is 30.3 Å². The Morgan fingerprint density at radius 1 is 1.26 bits per heavy atom. The highest BCUT2D eigenvalue weighted by Crippen LogP contribution is 2.22. The maximum atomic E-state index is 5.92. The van der Waals surface area contributed by atoms with Gasteiger partial charge in [-0.05, 0) is 40.0 Å². The average Bonchev–Trinajstić information content (AvgIpc) is 2.39. The number of hydrogen-bond acceptors (Lipinski definition) is 2. The molecule has 0 fully saturated rings.